The zero-order chi connectivity index (χ0) is 23.9. The van der Waals surface area contributed by atoms with Crippen LogP contribution in [-0.4, -0.2) is 65.3 Å². The molecule has 34 heavy (non-hydrogen) atoms. The topological polar surface area (TPSA) is 94.4 Å². The van der Waals surface area contributed by atoms with Crippen molar-refractivity contribution >= 4 is 34.5 Å². The molecule has 1 fully saturated rings. The highest BCUT2D eigenvalue weighted by Crippen LogP contribution is 2.31. The summed E-state index contributed by atoms with van der Waals surface area (Å²) in [5.74, 6) is 2.66. The zero-order valence-corrected chi connectivity index (χ0v) is 20.9. The number of rotatable bonds is 10. The maximum atomic E-state index is 12.8. The molecule has 3 heterocycles. The first-order valence-electron chi connectivity index (χ1n) is 11.8. The Kier molecular flexibility index (Phi) is 8.10. The van der Waals surface area contributed by atoms with Crippen molar-refractivity contribution < 1.29 is 14.3 Å². The molecule has 0 saturated carbocycles. The first-order chi connectivity index (χ1) is 16.7. The van der Waals surface area contributed by atoms with Gasteiger partial charge in [0.2, 0.25) is 0 Å². The van der Waals surface area contributed by atoms with Crippen molar-refractivity contribution in [3.8, 4) is 11.5 Å². The largest absolute Gasteiger partial charge is 0.493 e. The average molecular weight is 485 g/mol. The third kappa shape index (κ3) is 5.22. The Morgan fingerprint density at radius 3 is 2.71 bits per heavy atom. The molecule has 1 aliphatic rings. The molecule has 182 valence electrons. The van der Waals surface area contributed by atoms with E-state index in [-0.39, 0.29) is 5.91 Å². The summed E-state index contributed by atoms with van der Waals surface area (Å²) in [4.78, 5) is 24.9. The summed E-state index contributed by atoms with van der Waals surface area (Å²) < 4.78 is 12.5. The van der Waals surface area contributed by atoms with E-state index >= 15 is 0 Å². The van der Waals surface area contributed by atoms with Crippen LogP contribution in [0, 0.1) is 0 Å². The Hall–Kier alpha value is -3.01. The number of anilines is 1. The zero-order valence-electron chi connectivity index (χ0n) is 20.0. The summed E-state index contributed by atoms with van der Waals surface area (Å²) in [7, 11) is 3.08. The summed E-state index contributed by atoms with van der Waals surface area (Å²) in [5.41, 5.74) is 1.24. The minimum atomic E-state index is -0.227. The van der Waals surface area contributed by atoms with E-state index in [9.17, 15) is 4.79 Å². The summed E-state index contributed by atoms with van der Waals surface area (Å²) >= 11 is 1.67. The molecule has 4 rings (SSSR count). The maximum Gasteiger partial charge on any atom is 0.255 e. The standard InChI is InChI=1S/C24H32N6O3S/c1-4-15-34-24-27-21(29-12-6-5-7-13-29)18-16-26-30(22(18)28-24)14-11-25-23(31)17-9-8-10-19(32-2)20(17)33-3/h8-10,16H,4-7,11-15H2,1-3H3,(H,25,31). The molecular weight excluding hydrogens is 452 g/mol. The molecule has 3 aromatic rings. The number of nitrogens with one attached hydrogen (secondary N) is 1. The second-order valence-electron chi connectivity index (χ2n) is 8.13. The molecule has 0 spiro atoms. The van der Waals surface area contributed by atoms with E-state index in [1.165, 1.54) is 26.4 Å². The fourth-order valence-corrected chi connectivity index (χ4v) is 4.81. The van der Waals surface area contributed by atoms with Crippen molar-refractivity contribution in [1.82, 2.24) is 25.1 Å². The summed E-state index contributed by atoms with van der Waals surface area (Å²) in [5, 5.41) is 9.29. The highest BCUT2D eigenvalue weighted by molar-refractivity contribution is 7.99. The molecule has 1 saturated heterocycles. The van der Waals surface area contributed by atoms with Crippen LogP contribution in [0.15, 0.2) is 29.6 Å². The highest BCUT2D eigenvalue weighted by Gasteiger charge is 2.20. The molecule has 1 amide bonds. The smallest absolute Gasteiger partial charge is 0.255 e. The SMILES string of the molecule is CCCSc1nc(N2CCCCC2)c2cnn(CCNC(=O)c3cccc(OC)c3OC)c2n1. The lowest BCUT2D eigenvalue weighted by molar-refractivity contribution is 0.0948. The lowest BCUT2D eigenvalue weighted by Gasteiger charge is -2.28. The van der Waals surface area contributed by atoms with Crippen LogP contribution in [0.4, 0.5) is 5.82 Å². The maximum absolute atomic E-state index is 12.8. The number of fused-ring (bicyclic) bond motifs is 1. The van der Waals surface area contributed by atoms with Crippen LogP contribution >= 0.6 is 11.8 Å². The molecule has 0 unspecified atom stereocenters. The number of ether oxygens (including phenoxy) is 2. The summed E-state index contributed by atoms with van der Waals surface area (Å²) in [6.07, 6.45) is 6.53. The second kappa shape index (κ2) is 11.4. The lowest BCUT2D eigenvalue weighted by atomic mass is 10.1. The van der Waals surface area contributed by atoms with E-state index in [1.54, 1.807) is 37.1 Å². The number of hydrogen-bond donors (Lipinski definition) is 1. The molecule has 0 radical (unpaired) electrons. The monoisotopic (exact) mass is 484 g/mol. The minimum absolute atomic E-state index is 0.227. The van der Waals surface area contributed by atoms with Crippen molar-refractivity contribution in [1.29, 1.82) is 0 Å². The summed E-state index contributed by atoms with van der Waals surface area (Å²) in [6, 6.07) is 5.25. The molecule has 1 aliphatic heterocycles. The molecular formula is C24H32N6O3S. The fourth-order valence-electron chi connectivity index (χ4n) is 4.13. The van der Waals surface area contributed by atoms with Gasteiger partial charge in [-0.3, -0.25) is 4.79 Å². The predicted molar refractivity (Wildman–Crippen MR) is 134 cm³/mol. The van der Waals surface area contributed by atoms with Crippen LogP contribution in [0.3, 0.4) is 0 Å². The van der Waals surface area contributed by atoms with Gasteiger partial charge in [0, 0.05) is 25.4 Å². The summed E-state index contributed by atoms with van der Waals surface area (Å²) in [6.45, 7) is 5.06. The van der Waals surface area contributed by atoms with Crippen LogP contribution in [0.5, 0.6) is 11.5 Å². The van der Waals surface area contributed by atoms with Crippen molar-refractivity contribution in [3.63, 3.8) is 0 Å². The van der Waals surface area contributed by atoms with Crippen LogP contribution in [-0.2, 0) is 6.54 Å². The number of aromatic nitrogens is 4. The van der Waals surface area contributed by atoms with Gasteiger partial charge in [-0.1, -0.05) is 24.8 Å². The molecule has 2 aromatic heterocycles. The van der Waals surface area contributed by atoms with Crippen molar-refractivity contribution in [2.45, 2.75) is 44.3 Å². The van der Waals surface area contributed by atoms with E-state index in [4.69, 9.17) is 19.4 Å². The van der Waals surface area contributed by atoms with Gasteiger partial charge in [0.1, 0.15) is 5.82 Å². The molecule has 0 aliphatic carbocycles. The molecule has 10 heteroatoms. The Morgan fingerprint density at radius 1 is 1.15 bits per heavy atom. The number of piperidine rings is 1. The molecule has 1 N–H and O–H groups in total. The van der Waals surface area contributed by atoms with Gasteiger partial charge >= 0.3 is 0 Å². The van der Waals surface area contributed by atoms with Crippen LogP contribution in [0.1, 0.15) is 43.0 Å². The third-order valence-corrected chi connectivity index (χ3v) is 6.86. The van der Waals surface area contributed by atoms with Gasteiger partial charge in [-0.15, -0.1) is 0 Å². The van der Waals surface area contributed by atoms with Gasteiger partial charge in [-0.25, -0.2) is 14.6 Å². The van der Waals surface area contributed by atoms with Gasteiger partial charge in [-0.2, -0.15) is 5.10 Å². The number of methoxy groups -OCH3 is 2. The Morgan fingerprint density at radius 2 is 1.97 bits per heavy atom. The van der Waals surface area contributed by atoms with Gasteiger partial charge in [0.15, 0.2) is 22.3 Å². The van der Waals surface area contributed by atoms with Gasteiger partial charge < -0.3 is 19.7 Å². The number of thioether (sulfide) groups is 1. The van der Waals surface area contributed by atoms with E-state index in [0.29, 0.717) is 30.2 Å². The fraction of sp³-hybridized carbons (Fsp3) is 0.500. The van der Waals surface area contributed by atoms with Crippen molar-refractivity contribution in [2.75, 3.05) is 44.5 Å². The predicted octanol–water partition coefficient (Wildman–Crippen LogP) is 3.77. The molecule has 1 aromatic carbocycles. The van der Waals surface area contributed by atoms with E-state index < -0.39 is 0 Å². The highest BCUT2D eigenvalue weighted by atomic mass is 32.2. The first-order valence-corrected chi connectivity index (χ1v) is 12.7. The van der Waals surface area contributed by atoms with Crippen molar-refractivity contribution in [2.24, 2.45) is 0 Å². The second-order valence-corrected chi connectivity index (χ2v) is 9.19. The Bertz CT molecular complexity index is 1130. The van der Waals surface area contributed by atoms with Gasteiger partial charge in [0.25, 0.3) is 5.91 Å². The van der Waals surface area contributed by atoms with Crippen molar-refractivity contribution in [3.05, 3.63) is 30.0 Å². The molecule has 9 nitrogen and oxygen atoms in total. The number of hydrogen-bond acceptors (Lipinski definition) is 8. The number of benzene rings is 1. The number of amides is 1. The minimum Gasteiger partial charge on any atom is -0.493 e. The van der Waals surface area contributed by atoms with E-state index in [2.05, 4.69) is 22.2 Å². The normalized spacial score (nSPS) is 13.8. The first kappa shape index (κ1) is 24.1. The lowest BCUT2D eigenvalue weighted by Crippen LogP contribution is -2.30. The Labute approximate surface area is 204 Å². The quantitative estimate of drug-likeness (QED) is 0.343. The van der Waals surface area contributed by atoms with E-state index in [1.807, 2.05) is 10.9 Å². The number of para-hydroxylation sites is 1. The van der Waals surface area contributed by atoms with Gasteiger partial charge in [0.05, 0.1) is 37.9 Å². The number of nitrogens with zero attached hydrogens (tertiary/aromatic N) is 5. The Balaban J connectivity index is 1.53. The van der Waals surface area contributed by atoms with Crippen LogP contribution < -0.4 is 19.7 Å². The van der Waals surface area contributed by atoms with E-state index in [0.717, 1.165) is 47.3 Å². The number of carbonyl (C=O) groups is 1. The molecule has 0 bridgehead atoms. The number of carbonyl (C=O) groups excluding carboxylic acids is 1. The molecule has 0 atom stereocenters. The van der Waals surface area contributed by atoms with Crippen LogP contribution in [0.25, 0.3) is 11.0 Å². The van der Waals surface area contributed by atoms with Crippen LogP contribution in [0.2, 0.25) is 0 Å². The third-order valence-electron chi connectivity index (χ3n) is 5.80. The van der Waals surface area contributed by atoms with Gasteiger partial charge in [-0.05, 0) is 37.8 Å². The average Bonchev–Trinajstić information content (AvgIpc) is 3.29.